The van der Waals surface area contributed by atoms with Gasteiger partial charge in [-0.1, -0.05) is 91.2 Å². The van der Waals surface area contributed by atoms with Gasteiger partial charge in [0.15, 0.2) is 18.2 Å². The standard InChI is InChI=1S/C56H69F17N2O4/c1-33(2)13-12-14-34(3)40-22-23-41-39-21-16-35-31-38(26-28-48(35,4)42(39)27-29-49(40,41)5)79-45(76)15-10-8-6-7-9-11-30-77-44-25-24-43(46(57)47(44)58)75-74-36-17-19-37(20-18-36)78-32-50(59,60)51(61,62)52(63,64)53(65,66)54(67,68)55(69,70)56(71,72)73/h16-20,24-25,33-34,38-42H,6-15,21-23,26-32H2,1-5H3/t34-,38+,39+,40-,41+,42+,48+,49-/m1/s1. The summed E-state index contributed by atoms with van der Waals surface area (Å²) in [5.74, 6) is -47.4. The largest absolute Gasteiger partial charge is 0.490 e. The number of halogens is 17. The fourth-order valence-electron chi connectivity index (χ4n) is 13.0. The van der Waals surface area contributed by atoms with Crippen molar-refractivity contribution < 1.29 is 93.6 Å². The normalized spacial score (nSPS) is 25.7. The molecule has 0 bridgehead atoms. The minimum Gasteiger partial charge on any atom is -0.490 e. The van der Waals surface area contributed by atoms with E-state index in [4.69, 9.17) is 9.47 Å². The first-order chi connectivity index (χ1) is 36.6. The van der Waals surface area contributed by atoms with Crippen molar-refractivity contribution in [1.82, 2.24) is 0 Å². The van der Waals surface area contributed by atoms with Crippen molar-refractivity contribution in [3.05, 3.63) is 59.7 Å². The third-order valence-electron chi connectivity index (χ3n) is 17.5. The number of ether oxygens (including phenoxy) is 3. The number of benzene rings is 2. The van der Waals surface area contributed by atoms with Crippen LogP contribution in [0.3, 0.4) is 0 Å². The second kappa shape index (κ2) is 24.2. The number of nitrogens with zero attached hydrogens (tertiary/aromatic N) is 2. The van der Waals surface area contributed by atoms with Crippen LogP contribution in [0, 0.1) is 58.0 Å². The van der Waals surface area contributed by atoms with Gasteiger partial charge in [0.2, 0.25) is 5.82 Å². The van der Waals surface area contributed by atoms with E-state index in [1.165, 1.54) is 50.5 Å². The van der Waals surface area contributed by atoms with Gasteiger partial charge in [-0.15, -0.1) is 5.11 Å². The second-order valence-electron chi connectivity index (χ2n) is 23.1. The first kappa shape index (κ1) is 63.8. The Morgan fingerprint density at radius 1 is 0.646 bits per heavy atom. The Labute approximate surface area is 449 Å². The molecule has 0 unspecified atom stereocenters. The Kier molecular flexibility index (Phi) is 19.6. The van der Waals surface area contributed by atoms with E-state index in [1.54, 1.807) is 0 Å². The average Bonchev–Trinajstić information content (AvgIpc) is 3.98. The van der Waals surface area contributed by atoms with Crippen LogP contribution in [0.15, 0.2) is 58.3 Å². The molecule has 0 N–H and O–H groups in total. The van der Waals surface area contributed by atoms with E-state index in [0.29, 0.717) is 49.1 Å². The number of allylic oxidation sites excluding steroid dienone is 1. The molecule has 23 heteroatoms. The molecule has 0 aliphatic heterocycles. The molecule has 6 nitrogen and oxygen atoms in total. The molecular formula is C56H69F17N2O4. The number of esters is 1. The van der Waals surface area contributed by atoms with Crippen molar-refractivity contribution in [3.8, 4) is 11.5 Å². The molecule has 2 aromatic rings. The molecule has 3 saturated carbocycles. The molecule has 4 aliphatic carbocycles. The highest BCUT2D eigenvalue weighted by atomic mass is 19.4. The zero-order valence-electron chi connectivity index (χ0n) is 44.7. The van der Waals surface area contributed by atoms with Gasteiger partial charge in [0, 0.05) is 12.8 Å². The zero-order valence-corrected chi connectivity index (χ0v) is 44.7. The summed E-state index contributed by atoms with van der Waals surface area (Å²) in [7, 11) is 0. The predicted octanol–water partition coefficient (Wildman–Crippen LogP) is 19.2. The summed E-state index contributed by atoms with van der Waals surface area (Å²) in [6.45, 7) is 9.22. The Balaban J connectivity index is 0.870. The Hall–Kier alpha value is -4.34. The van der Waals surface area contributed by atoms with Crippen LogP contribution in [0.5, 0.6) is 11.5 Å². The minimum absolute atomic E-state index is 0.0317. The molecule has 0 radical (unpaired) electrons. The van der Waals surface area contributed by atoms with Gasteiger partial charge in [0.1, 0.15) is 17.5 Å². The van der Waals surface area contributed by atoms with Gasteiger partial charge in [-0.05, 0) is 141 Å². The highest BCUT2D eigenvalue weighted by Gasteiger charge is 2.93. The molecular weight excluding hydrogens is 1090 g/mol. The summed E-state index contributed by atoms with van der Waals surface area (Å²) in [4.78, 5) is 12.9. The van der Waals surface area contributed by atoms with Crippen LogP contribution >= 0.6 is 0 Å². The van der Waals surface area contributed by atoms with E-state index < -0.39 is 77.1 Å². The van der Waals surface area contributed by atoms with Gasteiger partial charge in [0.05, 0.1) is 12.3 Å². The van der Waals surface area contributed by atoms with Crippen molar-refractivity contribution in [3.63, 3.8) is 0 Å². The average molecular weight is 1160 g/mol. The van der Waals surface area contributed by atoms with Crippen molar-refractivity contribution in [2.75, 3.05) is 13.2 Å². The third-order valence-corrected chi connectivity index (χ3v) is 17.5. The lowest BCUT2D eigenvalue weighted by Gasteiger charge is -2.58. The fraction of sp³-hybridized carbons (Fsp3) is 0.732. The topological polar surface area (TPSA) is 69.5 Å². The van der Waals surface area contributed by atoms with Gasteiger partial charge in [-0.25, -0.2) is 4.39 Å². The van der Waals surface area contributed by atoms with Gasteiger partial charge < -0.3 is 14.2 Å². The van der Waals surface area contributed by atoms with E-state index >= 15 is 0 Å². The second-order valence-corrected chi connectivity index (χ2v) is 23.1. The summed E-state index contributed by atoms with van der Waals surface area (Å²) >= 11 is 0. The third kappa shape index (κ3) is 12.8. The smallest absolute Gasteiger partial charge is 0.460 e. The molecule has 6 rings (SSSR count). The number of hydrogen-bond acceptors (Lipinski definition) is 6. The van der Waals surface area contributed by atoms with Gasteiger partial charge in [-0.2, -0.15) is 75.4 Å². The highest BCUT2D eigenvalue weighted by molar-refractivity contribution is 5.69. The van der Waals surface area contributed by atoms with E-state index in [-0.39, 0.29) is 29.8 Å². The number of hydrogen-bond donors (Lipinski definition) is 0. The fourth-order valence-corrected chi connectivity index (χ4v) is 13.0. The monoisotopic (exact) mass is 1160 g/mol. The maximum absolute atomic E-state index is 14.8. The molecule has 0 heterocycles. The number of unbranched alkanes of at least 4 members (excludes halogenated alkanes) is 5. The van der Waals surface area contributed by atoms with Crippen LogP contribution in [0.4, 0.5) is 86.0 Å². The molecule has 3 fully saturated rings. The van der Waals surface area contributed by atoms with Crippen LogP contribution in [0.2, 0.25) is 0 Å². The first-order valence-corrected chi connectivity index (χ1v) is 27.1. The summed E-state index contributed by atoms with van der Waals surface area (Å²) in [5.41, 5.74) is 1.11. The van der Waals surface area contributed by atoms with Gasteiger partial charge in [-0.3, -0.25) is 4.79 Å². The first-order valence-electron chi connectivity index (χ1n) is 27.1. The van der Waals surface area contributed by atoms with Gasteiger partial charge >= 0.3 is 47.7 Å². The maximum atomic E-state index is 14.8. The zero-order chi connectivity index (χ0) is 58.8. The number of fused-ring (bicyclic) bond motifs is 5. The Bertz CT molecular complexity index is 2450. The van der Waals surface area contributed by atoms with Crippen LogP contribution in [-0.4, -0.2) is 67.0 Å². The van der Waals surface area contributed by atoms with Crippen LogP contribution < -0.4 is 9.47 Å². The quantitative estimate of drug-likeness (QED) is 0.0309. The van der Waals surface area contributed by atoms with Crippen LogP contribution in [0.25, 0.3) is 0 Å². The number of alkyl halides is 15. The van der Waals surface area contributed by atoms with Crippen molar-refractivity contribution in [1.29, 1.82) is 0 Å². The highest BCUT2D eigenvalue weighted by Crippen LogP contribution is 2.68. The van der Waals surface area contributed by atoms with E-state index in [0.717, 1.165) is 98.8 Å². The van der Waals surface area contributed by atoms with Crippen LogP contribution in [-0.2, 0) is 9.53 Å². The molecule has 8 atom stereocenters. The molecule has 4 aliphatic rings. The van der Waals surface area contributed by atoms with Crippen molar-refractivity contribution >= 4 is 17.3 Å². The van der Waals surface area contributed by atoms with E-state index in [9.17, 15) is 79.4 Å². The summed E-state index contributed by atoms with van der Waals surface area (Å²) in [5, 5.41) is 7.04. The predicted molar refractivity (Wildman–Crippen MR) is 259 cm³/mol. The van der Waals surface area contributed by atoms with Crippen LogP contribution in [0.1, 0.15) is 150 Å². The Morgan fingerprint density at radius 3 is 1.91 bits per heavy atom. The summed E-state index contributed by atoms with van der Waals surface area (Å²) in [6.07, 6.45) is 12.5. The van der Waals surface area contributed by atoms with Crippen molar-refractivity contribution in [2.45, 2.75) is 198 Å². The summed E-state index contributed by atoms with van der Waals surface area (Å²) < 4.78 is 247. The molecule has 2 aromatic carbocycles. The molecule has 0 spiro atoms. The lowest BCUT2D eigenvalue weighted by atomic mass is 9.47. The number of carbonyl (C=O) groups is 1. The number of azo groups is 1. The Morgan fingerprint density at radius 2 is 1.27 bits per heavy atom. The minimum atomic E-state index is -8.42. The molecule has 79 heavy (non-hydrogen) atoms. The van der Waals surface area contributed by atoms with E-state index in [1.807, 2.05) is 0 Å². The lowest BCUT2D eigenvalue weighted by Crippen LogP contribution is -2.73. The van der Waals surface area contributed by atoms with E-state index in [2.05, 4.69) is 55.7 Å². The summed E-state index contributed by atoms with van der Waals surface area (Å²) in [6, 6.07) is 4.79. The molecule has 0 saturated heterocycles. The molecule has 0 aromatic heterocycles. The number of rotatable bonds is 26. The van der Waals surface area contributed by atoms with Gasteiger partial charge in [0.25, 0.3) is 0 Å². The number of carbonyl (C=O) groups excluding carboxylic acids is 1. The SMILES string of the molecule is CC(C)CCC[C@@H](C)[C@H]1CC[C@H]2[C@@H]3CC=C4C[C@@H](OC(=O)CCCCCCCCOc5ccc(N=Nc6ccc(OCC(F)(F)C(F)(F)C(F)(F)C(F)(F)C(F)(F)C(F)(F)C(F)(F)F)cc6)c(F)c5F)CC[C@]4(C)[C@H]3CC[C@]12C. The lowest BCUT2D eigenvalue weighted by molar-refractivity contribution is -0.453. The molecule has 446 valence electrons. The maximum Gasteiger partial charge on any atom is 0.460 e. The molecule has 0 amide bonds. The van der Waals surface area contributed by atoms with Crippen molar-refractivity contribution in [2.24, 2.45) is 56.6 Å².